The third-order valence-electron chi connectivity index (χ3n) is 5.77. The van der Waals surface area contributed by atoms with Gasteiger partial charge in [-0.15, -0.1) is 0 Å². The summed E-state index contributed by atoms with van der Waals surface area (Å²) in [5.74, 6) is -0.00353. The lowest BCUT2D eigenvalue weighted by Crippen LogP contribution is -2.30. The first-order valence-corrected chi connectivity index (χ1v) is 11.6. The monoisotopic (exact) mass is 493 g/mol. The van der Waals surface area contributed by atoms with E-state index in [0.717, 1.165) is 30.5 Å². The number of non-ortho nitro benzene ring substituents is 1. The maximum atomic E-state index is 12.9. The lowest BCUT2D eigenvalue weighted by molar-refractivity contribution is -0.384. The molecular weight excluding hydrogens is 470 g/mol. The van der Waals surface area contributed by atoms with Crippen molar-refractivity contribution in [2.45, 2.75) is 25.8 Å². The highest BCUT2D eigenvalue weighted by Crippen LogP contribution is 2.24. The fraction of sp³-hybridized carbons (Fsp3) is 0.240. The highest BCUT2D eigenvalue weighted by molar-refractivity contribution is 6.34. The largest absolute Gasteiger partial charge is 0.357 e. The van der Waals surface area contributed by atoms with E-state index in [4.69, 9.17) is 11.6 Å². The number of piperidine rings is 1. The van der Waals surface area contributed by atoms with Crippen LogP contribution in [0.5, 0.6) is 0 Å². The van der Waals surface area contributed by atoms with Crippen molar-refractivity contribution in [1.29, 1.82) is 0 Å². The fourth-order valence-electron chi connectivity index (χ4n) is 3.89. The molecule has 0 unspecified atom stereocenters. The van der Waals surface area contributed by atoms with Crippen LogP contribution in [0.3, 0.4) is 0 Å². The van der Waals surface area contributed by atoms with E-state index in [1.54, 1.807) is 30.5 Å². The molecule has 2 aromatic carbocycles. The molecule has 2 N–H and O–H groups in total. The Balaban J connectivity index is 1.40. The van der Waals surface area contributed by atoms with E-state index < -0.39 is 10.8 Å². The molecule has 0 radical (unpaired) electrons. The number of anilines is 2. The van der Waals surface area contributed by atoms with Gasteiger partial charge in [-0.3, -0.25) is 19.7 Å². The molecule has 9 nitrogen and oxygen atoms in total. The molecule has 1 saturated heterocycles. The second kappa shape index (κ2) is 11.0. The maximum Gasteiger partial charge on any atom is 0.270 e. The fourth-order valence-corrected chi connectivity index (χ4v) is 4.15. The topological polar surface area (TPSA) is 117 Å². The molecule has 2 heterocycles. The number of amides is 2. The van der Waals surface area contributed by atoms with Gasteiger partial charge in [0.15, 0.2) is 0 Å². The Morgan fingerprint density at radius 1 is 1.00 bits per heavy atom. The van der Waals surface area contributed by atoms with Crippen molar-refractivity contribution in [3.8, 4) is 0 Å². The molecule has 0 spiro atoms. The lowest BCUT2D eigenvalue weighted by Gasteiger charge is -2.27. The molecule has 1 fully saturated rings. The smallest absolute Gasteiger partial charge is 0.270 e. The Hall–Kier alpha value is -3.98. The molecular formula is C25H24ClN5O4. The zero-order valence-corrected chi connectivity index (χ0v) is 19.6. The van der Waals surface area contributed by atoms with Crippen LogP contribution < -0.4 is 15.5 Å². The van der Waals surface area contributed by atoms with Gasteiger partial charge in [0.1, 0.15) is 5.82 Å². The minimum Gasteiger partial charge on any atom is -0.357 e. The van der Waals surface area contributed by atoms with Crippen LogP contribution in [0.25, 0.3) is 0 Å². The number of nitrogens with zero attached hydrogens (tertiary/aromatic N) is 3. The molecule has 1 aliphatic rings. The summed E-state index contributed by atoms with van der Waals surface area (Å²) in [7, 11) is 0. The number of pyridine rings is 1. The zero-order chi connectivity index (χ0) is 24.8. The van der Waals surface area contributed by atoms with Crippen LogP contribution in [0.2, 0.25) is 5.02 Å². The summed E-state index contributed by atoms with van der Waals surface area (Å²) in [6.07, 6.45) is 5.36. The van der Waals surface area contributed by atoms with Crippen LogP contribution in [0, 0.1) is 10.1 Å². The molecule has 180 valence electrons. The zero-order valence-electron chi connectivity index (χ0n) is 18.9. The van der Waals surface area contributed by atoms with Gasteiger partial charge in [-0.1, -0.05) is 29.8 Å². The van der Waals surface area contributed by atoms with Gasteiger partial charge in [0, 0.05) is 38.0 Å². The summed E-state index contributed by atoms with van der Waals surface area (Å²) in [4.78, 5) is 42.7. The molecule has 10 heteroatoms. The molecule has 2 amide bonds. The van der Waals surface area contributed by atoms with Crippen molar-refractivity contribution in [2.75, 3.05) is 23.3 Å². The second-order valence-corrected chi connectivity index (χ2v) is 8.58. The van der Waals surface area contributed by atoms with Crippen LogP contribution in [-0.4, -0.2) is 34.8 Å². The highest BCUT2D eigenvalue weighted by atomic mass is 35.5. The predicted octanol–water partition coefficient (Wildman–Crippen LogP) is 4.82. The molecule has 1 aromatic heterocycles. The number of aromatic nitrogens is 1. The van der Waals surface area contributed by atoms with Gasteiger partial charge in [-0.05, 0) is 49.1 Å². The van der Waals surface area contributed by atoms with Crippen molar-refractivity contribution in [2.24, 2.45) is 0 Å². The maximum absolute atomic E-state index is 12.9. The summed E-state index contributed by atoms with van der Waals surface area (Å²) < 4.78 is 0. The Morgan fingerprint density at radius 2 is 1.77 bits per heavy atom. The van der Waals surface area contributed by atoms with Gasteiger partial charge >= 0.3 is 0 Å². The van der Waals surface area contributed by atoms with E-state index in [9.17, 15) is 19.7 Å². The van der Waals surface area contributed by atoms with Gasteiger partial charge in [0.2, 0.25) is 0 Å². The van der Waals surface area contributed by atoms with Crippen molar-refractivity contribution >= 4 is 40.6 Å². The summed E-state index contributed by atoms with van der Waals surface area (Å²) in [6, 6.07) is 14.1. The Bertz CT molecular complexity index is 1240. The van der Waals surface area contributed by atoms with Crippen LogP contribution in [0.15, 0.2) is 60.8 Å². The molecule has 3 aromatic rings. The predicted molar refractivity (Wildman–Crippen MR) is 134 cm³/mol. The summed E-state index contributed by atoms with van der Waals surface area (Å²) in [6.45, 7) is 2.30. The van der Waals surface area contributed by atoms with Crippen molar-refractivity contribution in [1.82, 2.24) is 10.3 Å². The molecule has 0 saturated carbocycles. The number of benzene rings is 2. The van der Waals surface area contributed by atoms with E-state index in [1.807, 2.05) is 12.1 Å². The van der Waals surface area contributed by atoms with Crippen molar-refractivity contribution in [3.05, 3.63) is 92.6 Å². The molecule has 0 atom stereocenters. The minimum absolute atomic E-state index is 0.0564. The number of hydrogen-bond acceptors (Lipinski definition) is 6. The molecule has 0 aliphatic carbocycles. The first kappa shape index (κ1) is 24.2. The number of para-hydroxylation sites is 1. The molecule has 1 aliphatic heterocycles. The SMILES string of the molecule is O=C(Nc1ccccc1C(=O)NCc1ccc(N2CCCCC2)nc1)c1ccc([N+](=O)[O-])cc1Cl. The van der Waals surface area contributed by atoms with Crippen molar-refractivity contribution < 1.29 is 14.5 Å². The summed E-state index contributed by atoms with van der Waals surface area (Å²) in [5, 5.41) is 16.4. The van der Waals surface area contributed by atoms with Crippen LogP contribution in [0.4, 0.5) is 17.2 Å². The standard InChI is InChI=1S/C25H24ClN5O4/c26-21-14-18(31(34)35)9-10-19(21)25(33)29-22-7-3-2-6-20(22)24(32)28-16-17-8-11-23(27-15-17)30-12-4-1-5-13-30/h2-3,6-11,14-15H,1,4-5,12-13,16H2,(H,28,32)(H,29,33). The average Bonchev–Trinajstić information content (AvgIpc) is 2.88. The number of halogens is 1. The molecule has 4 rings (SSSR count). The first-order chi connectivity index (χ1) is 16.9. The van der Waals surface area contributed by atoms with Crippen LogP contribution in [0.1, 0.15) is 45.5 Å². The number of nitrogens with one attached hydrogen (secondary N) is 2. The Labute approximate surface area is 207 Å². The highest BCUT2D eigenvalue weighted by Gasteiger charge is 2.18. The number of nitro groups is 1. The first-order valence-electron chi connectivity index (χ1n) is 11.2. The lowest BCUT2D eigenvalue weighted by atomic mass is 10.1. The van der Waals surface area contributed by atoms with Gasteiger partial charge in [0.25, 0.3) is 17.5 Å². The summed E-state index contributed by atoms with van der Waals surface area (Å²) in [5.41, 5.74) is 1.27. The van der Waals surface area contributed by atoms with Crippen molar-refractivity contribution in [3.63, 3.8) is 0 Å². The third-order valence-corrected chi connectivity index (χ3v) is 6.08. The number of rotatable bonds is 7. The van der Waals surface area contributed by atoms with Crippen LogP contribution >= 0.6 is 11.6 Å². The van der Waals surface area contributed by atoms with E-state index in [0.29, 0.717) is 5.69 Å². The van der Waals surface area contributed by atoms with E-state index in [1.165, 1.54) is 31.4 Å². The number of nitro benzene ring substituents is 1. The molecule has 0 bridgehead atoms. The van der Waals surface area contributed by atoms with Gasteiger partial charge in [-0.25, -0.2) is 4.98 Å². The number of hydrogen-bond donors (Lipinski definition) is 2. The number of carbonyl (C=O) groups is 2. The third kappa shape index (κ3) is 5.93. The Morgan fingerprint density at radius 3 is 2.46 bits per heavy atom. The van der Waals surface area contributed by atoms with Gasteiger partial charge < -0.3 is 15.5 Å². The minimum atomic E-state index is -0.593. The van der Waals surface area contributed by atoms with Gasteiger partial charge in [0.05, 0.1) is 26.8 Å². The quantitative estimate of drug-likeness (QED) is 0.360. The van der Waals surface area contributed by atoms with E-state index >= 15 is 0 Å². The van der Waals surface area contributed by atoms with E-state index in [-0.39, 0.29) is 34.3 Å². The Kier molecular flexibility index (Phi) is 7.57. The summed E-state index contributed by atoms with van der Waals surface area (Å²) >= 11 is 6.06. The van der Waals surface area contributed by atoms with Gasteiger partial charge in [-0.2, -0.15) is 0 Å². The molecule has 35 heavy (non-hydrogen) atoms. The van der Waals surface area contributed by atoms with Crippen LogP contribution in [-0.2, 0) is 6.54 Å². The normalized spacial score (nSPS) is 13.2. The number of carbonyl (C=O) groups excluding carboxylic acids is 2. The average molecular weight is 494 g/mol. The van der Waals surface area contributed by atoms with E-state index in [2.05, 4.69) is 20.5 Å². The second-order valence-electron chi connectivity index (χ2n) is 8.18.